The Labute approximate surface area is 131 Å². The molecule has 0 saturated heterocycles. The Morgan fingerprint density at radius 2 is 1.86 bits per heavy atom. The smallest absolute Gasteiger partial charge is 0.211 e. The molecule has 1 aromatic carbocycles. The summed E-state index contributed by atoms with van der Waals surface area (Å²) < 4.78 is 0. The van der Waals surface area contributed by atoms with Gasteiger partial charge in [-0.15, -0.1) is 0 Å². The minimum absolute atomic E-state index is 0.0652. The van der Waals surface area contributed by atoms with E-state index in [0.717, 1.165) is 11.3 Å². The maximum Gasteiger partial charge on any atom is 0.238 e. The molecule has 0 saturated carbocycles. The van der Waals surface area contributed by atoms with Crippen LogP contribution in [0.3, 0.4) is 0 Å². The van der Waals surface area contributed by atoms with E-state index in [9.17, 15) is 9.59 Å². The van der Waals surface area contributed by atoms with Gasteiger partial charge in [0.25, 0.3) is 0 Å². The van der Waals surface area contributed by atoms with E-state index in [1.54, 1.807) is 6.08 Å². The molecule has 0 aliphatic heterocycles. The monoisotopic (exact) mass is 314 g/mol. The highest BCUT2D eigenvalue weighted by molar-refractivity contribution is 6.31. The van der Waals surface area contributed by atoms with Crippen LogP contribution >= 0.6 is 11.6 Å². The van der Waals surface area contributed by atoms with Crippen LogP contribution < -0.4 is 0 Å². The third-order valence-electron chi connectivity index (χ3n) is 3.04. The van der Waals surface area contributed by atoms with E-state index in [0.29, 0.717) is 0 Å². The number of carbonyl (C=O) groups excluding carboxylic acids is 2. The lowest BCUT2D eigenvalue weighted by Gasteiger charge is -2.21. The molecule has 2 rings (SSSR count). The van der Waals surface area contributed by atoms with Crippen LogP contribution in [-0.4, -0.2) is 23.9 Å². The lowest BCUT2D eigenvalue weighted by atomic mass is 10.0. The fraction of sp³-hybridized carbons (Fsp3) is 0.200. The van der Waals surface area contributed by atoms with Crippen molar-refractivity contribution in [1.29, 1.82) is 0 Å². The normalized spacial score (nSPS) is 23.5. The van der Waals surface area contributed by atoms with Crippen LogP contribution in [-0.2, 0) is 9.59 Å². The summed E-state index contributed by atoms with van der Waals surface area (Å²) in [6.45, 7) is 1.93. The second kappa shape index (κ2) is 6.87. The van der Waals surface area contributed by atoms with Crippen molar-refractivity contribution < 1.29 is 9.59 Å². The number of aryl methyl sites for hydroxylation is 1. The van der Waals surface area contributed by atoms with E-state index in [4.69, 9.17) is 11.6 Å². The highest BCUT2D eigenvalue weighted by atomic mass is 35.5. The number of hydrogen-bond donors (Lipinski definition) is 0. The topological polar surface area (TPSA) is 83.6 Å². The van der Waals surface area contributed by atoms with Gasteiger partial charge in [-0.2, -0.15) is 20.2 Å². The van der Waals surface area contributed by atoms with Crippen LogP contribution in [0.25, 0.3) is 0 Å². The first-order valence-electron chi connectivity index (χ1n) is 6.33. The molecule has 7 heteroatoms. The number of rotatable bonds is 4. The molecule has 6 nitrogen and oxygen atoms in total. The lowest BCUT2D eigenvalue weighted by molar-refractivity contribution is 0.541. The van der Waals surface area contributed by atoms with E-state index in [1.165, 1.54) is 24.3 Å². The summed E-state index contributed by atoms with van der Waals surface area (Å²) in [5, 5.41) is 8.37. The summed E-state index contributed by atoms with van der Waals surface area (Å²) in [5.41, 5.74) is 0.153. The Bertz CT molecular complexity index is 739. The second-order valence-corrected chi connectivity index (χ2v) is 4.91. The van der Waals surface area contributed by atoms with E-state index < -0.39 is 11.7 Å². The highest BCUT2D eigenvalue weighted by Gasteiger charge is 2.34. The zero-order valence-corrected chi connectivity index (χ0v) is 12.4. The Morgan fingerprint density at radius 1 is 1.18 bits per heavy atom. The third kappa shape index (κ3) is 3.32. The molecule has 0 N–H and O–H groups in total. The Hall–Kier alpha value is -2.65. The maximum atomic E-state index is 10.5. The summed E-state index contributed by atoms with van der Waals surface area (Å²) in [7, 11) is 0. The number of isocyanates is 2. The van der Waals surface area contributed by atoms with Gasteiger partial charge in [-0.3, -0.25) is 0 Å². The quantitative estimate of drug-likeness (QED) is 0.368. The number of hydrogen-bond acceptors (Lipinski definition) is 6. The van der Waals surface area contributed by atoms with E-state index in [2.05, 4.69) is 20.2 Å². The predicted molar refractivity (Wildman–Crippen MR) is 81.5 cm³/mol. The van der Waals surface area contributed by atoms with Gasteiger partial charge in [-0.05, 0) is 30.7 Å². The number of halogens is 1. The zero-order chi connectivity index (χ0) is 16.0. The van der Waals surface area contributed by atoms with E-state index in [1.807, 2.05) is 31.2 Å². The van der Waals surface area contributed by atoms with Gasteiger partial charge in [-0.25, -0.2) is 9.59 Å². The SMILES string of the molecule is Cc1ccccc1N=NC1C=CC(N=C=O)(N=C=O)C(Cl)=C1. The van der Waals surface area contributed by atoms with Crippen molar-refractivity contribution in [1.82, 2.24) is 0 Å². The van der Waals surface area contributed by atoms with Crippen molar-refractivity contribution in [2.75, 3.05) is 0 Å². The molecule has 0 bridgehead atoms. The molecule has 1 unspecified atom stereocenters. The molecule has 0 spiro atoms. The molecule has 0 radical (unpaired) electrons. The fourth-order valence-corrected chi connectivity index (χ4v) is 2.14. The maximum absolute atomic E-state index is 10.5. The van der Waals surface area contributed by atoms with Crippen LogP contribution in [0.4, 0.5) is 5.69 Å². The van der Waals surface area contributed by atoms with Gasteiger partial charge >= 0.3 is 0 Å². The minimum Gasteiger partial charge on any atom is -0.211 e. The van der Waals surface area contributed by atoms with Gasteiger partial charge in [0.15, 0.2) is 0 Å². The molecule has 0 amide bonds. The lowest BCUT2D eigenvalue weighted by Crippen LogP contribution is -2.25. The number of azo groups is 1. The van der Waals surface area contributed by atoms with Crippen molar-refractivity contribution in [2.24, 2.45) is 20.2 Å². The largest absolute Gasteiger partial charge is 0.238 e. The zero-order valence-electron chi connectivity index (χ0n) is 11.6. The minimum atomic E-state index is -1.58. The summed E-state index contributed by atoms with van der Waals surface area (Å²) >= 11 is 6.07. The Morgan fingerprint density at radius 3 is 2.45 bits per heavy atom. The van der Waals surface area contributed by atoms with E-state index in [-0.39, 0.29) is 5.03 Å². The number of nitrogens with zero attached hydrogens (tertiary/aromatic N) is 4. The average molecular weight is 315 g/mol. The van der Waals surface area contributed by atoms with Crippen molar-refractivity contribution in [3.8, 4) is 0 Å². The van der Waals surface area contributed by atoms with Crippen LogP contribution in [0.2, 0.25) is 0 Å². The van der Waals surface area contributed by atoms with E-state index >= 15 is 0 Å². The van der Waals surface area contributed by atoms with Crippen molar-refractivity contribution in [3.63, 3.8) is 0 Å². The van der Waals surface area contributed by atoms with Crippen molar-refractivity contribution in [2.45, 2.75) is 18.6 Å². The van der Waals surface area contributed by atoms with Gasteiger partial charge < -0.3 is 0 Å². The van der Waals surface area contributed by atoms with Gasteiger partial charge in [0.2, 0.25) is 17.8 Å². The molecule has 110 valence electrons. The molecule has 0 aromatic heterocycles. The van der Waals surface area contributed by atoms with Gasteiger partial charge in [0, 0.05) is 0 Å². The Balaban J connectivity index is 2.26. The molecule has 22 heavy (non-hydrogen) atoms. The first-order valence-corrected chi connectivity index (χ1v) is 6.71. The van der Waals surface area contributed by atoms with Gasteiger partial charge in [0.1, 0.15) is 6.04 Å². The number of benzene rings is 1. The fourth-order valence-electron chi connectivity index (χ4n) is 1.86. The first kappa shape index (κ1) is 15.7. The summed E-state index contributed by atoms with van der Waals surface area (Å²) in [6.07, 6.45) is 7.18. The molecule has 0 heterocycles. The molecule has 1 aliphatic rings. The van der Waals surface area contributed by atoms with Crippen LogP contribution in [0, 0.1) is 6.92 Å². The van der Waals surface area contributed by atoms with Crippen molar-refractivity contribution >= 4 is 29.4 Å². The molecule has 1 aliphatic carbocycles. The van der Waals surface area contributed by atoms with Crippen LogP contribution in [0.15, 0.2) is 67.7 Å². The first-order chi connectivity index (χ1) is 10.6. The summed E-state index contributed by atoms with van der Waals surface area (Å²) in [4.78, 5) is 27.9. The van der Waals surface area contributed by atoms with Gasteiger partial charge in [0.05, 0.1) is 10.7 Å². The molecule has 1 atom stereocenters. The number of aliphatic imine (C=N–C) groups is 2. The van der Waals surface area contributed by atoms with Crippen LogP contribution in [0.1, 0.15) is 5.56 Å². The summed E-state index contributed by atoms with van der Waals surface area (Å²) in [5.74, 6) is 0. The highest BCUT2D eigenvalue weighted by Crippen LogP contribution is 2.33. The Kier molecular flexibility index (Phi) is 4.92. The van der Waals surface area contributed by atoms with Crippen molar-refractivity contribution in [3.05, 3.63) is 53.1 Å². The average Bonchev–Trinajstić information content (AvgIpc) is 2.50. The molecule has 1 aromatic rings. The molecular formula is C15H11ClN4O2. The summed E-state index contributed by atoms with van der Waals surface area (Å²) in [6, 6.07) is 7.10. The predicted octanol–water partition coefficient (Wildman–Crippen LogP) is 3.51. The molecular weight excluding hydrogens is 304 g/mol. The second-order valence-electron chi connectivity index (χ2n) is 4.50. The van der Waals surface area contributed by atoms with Gasteiger partial charge in [-0.1, -0.05) is 35.9 Å². The van der Waals surface area contributed by atoms with Crippen LogP contribution in [0.5, 0.6) is 0 Å². The standard InChI is InChI=1S/C15H11ClN4O2/c1-11-4-2-3-5-13(11)20-19-12-6-7-15(17-9-21,18-10-22)14(16)8-12/h2-8,12H,1H3. The third-order valence-corrected chi connectivity index (χ3v) is 3.44. The molecule has 0 fully saturated rings.